The Morgan fingerprint density at radius 3 is 2.65 bits per heavy atom. The van der Waals surface area contributed by atoms with Gasteiger partial charge in [-0.3, -0.25) is 4.90 Å². The zero-order valence-corrected chi connectivity index (χ0v) is 11.9. The maximum absolute atomic E-state index is 5.00. The number of hydrogen-bond acceptors (Lipinski definition) is 3. The lowest BCUT2D eigenvalue weighted by Gasteiger charge is -2.32. The van der Waals surface area contributed by atoms with Crippen LogP contribution < -0.4 is 5.32 Å². The Morgan fingerprint density at radius 1 is 1.35 bits per heavy atom. The molecule has 100 valence electrons. The highest BCUT2D eigenvalue weighted by atomic mass is 16.5. The quantitative estimate of drug-likeness (QED) is 0.567. The molecule has 0 radical (unpaired) electrons. The van der Waals surface area contributed by atoms with E-state index in [-0.39, 0.29) is 0 Å². The largest absolute Gasteiger partial charge is 0.383 e. The molecule has 0 aromatic rings. The Labute approximate surface area is 106 Å². The van der Waals surface area contributed by atoms with Crippen molar-refractivity contribution in [1.82, 2.24) is 10.2 Å². The standard InChI is InChI=1S/C14H28N2O/c1-14(2,3)13-5-9-16(10-6-13)11-7-15-8-12-17-4/h5,15H,6-12H2,1-4H3. The fourth-order valence-electron chi connectivity index (χ4n) is 2.13. The molecule has 3 heteroatoms. The van der Waals surface area contributed by atoms with Gasteiger partial charge in [-0.1, -0.05) is 32.4 Å². The number of nitrogens with zero attached hydrogens (tertiary/aromatic N) is 1. The number of nitrogens with one attached hydrogen (secondary N) is 1. The topological polar surface area (TPSA) is 24.5 Å². The monoisotopic (exact) mass is 240 g/mol. The van der Waals surface area contributed by atoms with Crippen molar-refractivity contribution in [3.8, 4) is 0 Å². The first-order valence-electron chi connectivity index (χ1n) is 6.65. The van der Waals surface area contributed by atoms with E-state index in [0.717, 1.165) is 32.8 Å². The second-order valence-electron chi connectivity index (χ2n) is 5.77. The summed E-state index contributed by atoms with van der Waals surface area (Å²) in [5.41, 5.74) is 1.96. The number of rotatable bonds is 6. The maximum atomic E-state index is 5.00. The zero-order valence-electron chi connectivity index (χ0n) is 11.9. The molecule has 0 saturated heterocycles. The van der Waals surface area contributed by atoms with E-state index < -0.39 is 0 Å². The van der Waals surface area contributed by atoms with Crippen LogP contribution in [0.15, 0.2) is 11.6 Å². The SMILES string of the molecule is COCCNCCN1CC=C(C(C)(C)C)CC1. The molecule has 1 aliphatic rings. The van der Waals surface area contributed by atoms with Gasteiger partial charge in [0, 0.05) is 39.8 Å². The average molecular weight is 240 g/mol. The van der Waals surface area contributed by atoms with E-state index in [1.54, 1.807) is 12.7 Å². The van der Waals surface area contributed by atoms with E-state index in [2.05, 4.69) is 37.1 Å². The van der Waals surface area contributed by atoms with Gasteiger partial charge in [-0.25, -0.2) is 0 Å². The van der Waals surface area contributed by atoms with Crippen LogP contribution in [0.3, 0.4) is 0 Å². The van der Waals surface area contributed by atoms with Crippen molar-refractivity contribution in [2.75, 3.05) is 46.4 Å². The lowest BCUT2D eigenvalue weighted by molar-refractivity contribution is 0.196. The molecule has 0 spiro atoms. The summed E-state index contributed by atoms with van der Waals surface area (Å²) in [6.45, 7) is 13.2. The van der Waals surface area contributed by atoms with Gasteiger partial charge >= 0.3 is 0 Å². The summed E-state index contributed by atoms with van der Waals surface area (Å²) >= 11 is 0. The maximum Gasteiger partial charge on any atom is 0.0587 e. The molecule has 0 aromatic heterocycles. The van der Waals surface area contributed by atoms with Crippen LogP contribution in [0.1, 0.15) is 27.2 Å². The molecule has 0 aromatic carbocycles. The van der Waals surface area contributed by atoms with Crippen molar-refractivity contribution in [3.05, 3.63) is 11.6 Å². The Hall–Kier alpha value is -0.380. The molecular formula is C14H28N2O. The predicted molar refractivity (Wildman–Crippen MR) is 73.3 cm³/mol. The van der Waals surface area contributed by atoms with Crippen LogP contribution in [0, 0.1) is 5.41 Å². The van der Waals surface area contributed by atoms with Crippen molar-refractivity contribution in [2.24, 2.45) is 5.41 Å². The molecule has 0 aliphatic carbocycles. The first-order chi connectivity index (χ1) is 8.04. The number of ether oxygens (including phenoxy) is 1. The molecule has 1 aliphatic heterocycles. The Kier molecular flexibility index (Phi) is 6.17. The summed E-state index contributed by atoms with van der Waals surface area (Å²) in [6.07, 6.45) is 3.64. The van der Waals surface area contributed by atoms with Gasteiger partial charge in [0.05, 0.1) is 6.61 Å². The van der Waals surface area contributed by atoms with Gasteiger partial charge < -0.3 is 10.1 Å². The molecule has 3 nitrogen and oxygen atoms in total. The van der Waals surface area contributed by atoms with Crippen molar-refractivity contribution in [3.63, 3.8) is 0 Å². The van der Waals surface area contributed by atoms with Gasteiger partial charge in [0.15, 0.2) is 0 Å². The minimum atomic E-state index is 0.350. The second kappa shape index (κ2) is 7.14. The van der Waals surface area contributed by atoms with E-state index in [1.807, 2.05) is 0 Å². The van der Waals surface area contributed by atoms with Gasteiger partial charge in [0.2, 0.25) is 0 Å². The third kappa shape index (κ3) is 5.66. The average Bonchev–Trinajstić information content (AvgIpc) is 2.28. The van der Waals surface area contributed by atoms with Gasteiger partial charge in [0.25, 0.3) is 0 Å². The Morgan fingerprint density at radius 2 is 2.12 bits per heavy atom. The van der Waals surface area contributed by atoms with E-state index >= 15 is 0 Å². The fraction of sp³-hybridized carbons (Fsp3) is 0.857. The van der Waals surface area contributed by atoms with Crippen LogP contribution in [-0.4, -0.2) is 51.3 Å². The number of methoxy groups -OCH3 is 1. The van der Waals surface area contributed by atoms with Crippen molar-refractivity contribution >= 4 is 0 Å². The fourth-order valence-corrected chi connectivity index (χ4v) is 2.13. The van der Waals surface area contributed by atoms with Crippen molar-refractivity contribution in [2.45, 2.75) is 27.2 Å². The molecule has 0 fully saturated rings. The van der Waals surface area contributed by atoms with Crippen LogP contribution in [0.5, 0.6) is 0 Å². The lowest BCUT2D eigenvalue weighted by atomic mass is 9.83. The van der Waals surface area contributed by atoms with Gasteiger partial charge in [-0.05, 0) is 11.8 Å². The van der Waals surface area contributed by atoms with Crippen molar-refractivity contribution in [1.29, 1.82) is 0 Å². The molecule has 1 heterocycles. The van der Waals surface area contributed by atoms with Crippen LogP contribution >= 0.6 is 0 Å². The summed E-state index contributed by atoms with van der Waals surface area (Å²) in [5.74, 6) is 0. The highest BCUT2D eigenvalue weighted by Gasteiger charge is 2.20. The predicted octanol–water partition coefficient (Wildman–Crippen LogP) is 1.90. The molecule has 0 saturated carbocycles. The minimum Gasteiger partial charge on any atom is -0.383 e. The molecule has 0 unspecified atom stereocenters. The van der Waals surface area contributed by atoms with E-state index in [4.69, 9.17) is 4.74 Å². The van der Waals surface area contributed by atoms with Crippen molar-refractivity contribution < 1.29 is 4.74 Å². The molecule has 0 bridgehead atoms. The summed E-state index contributed by atoms with van der Waals surface area (Å²) in [5, 5.41) is 3.39. The molecule has 0 amide bonds. The van der Waals surface area contributed by atoms with Gasteiger partial charge in [0.1, 0.15) is 0 Å². The van der Waals surface area contributed by atoms with Crippen LogP contribution in [0.2, 0.25) is 0 Å². The van der Waals surface area contributed by atoms with E-state index in [0.29, 0.717) is 5.41 Å². The summed E-state index contributed by atoms with van der Waals surface area (Å²) in [7, 11) is 1.74. The van der Waals surface area contributed by atoms with Crippen LogP contribution in [0.25, 0.3) is 0 Å². The smallest absolute Gasteiger partial charge is 0.0587 e. The summed E-state index contributed by atoms with van der Waals surface area (Å²) in [4.78, 5) is 2.51. The number of hydrogen-bond donors (Lipinski definition) is 1. The second-order valence-corrected chi connectivity index (χ2v) is 5.77. The normalized spacial score (nSPS) is 18.2. The third-order valence-electron chi connectivity index (χ3n) is 3.34. The summed E-state index contributed by atoms with van der Waals surface area (Å²) < 4.78 is 5.00. The highest BCUT2D eigenvalue weighted by Crippen LogP contribution is 2.29. The summed E-state index contributed by atoms with van der Waals surface area (Å²) in [6, 6.07) is 0. The first kappa shape index (κ1) is 14.7. The lowest BCUT2D eigenvalue weighted by Crippen LogP contribution is -2.37. The van der Waals surface area contributed by atoms with Gasteiger partial charge in [-0.2, -0.15) is 0 Å². The van der Waals surface area contributed by atoms with Crippen LogP contribution in [0.4, 0.5) is 0 Å². The highest BCUT2D eigenvalue weighted by molar-refractivity contribution is 5.14. The zero-order chi connectivity index (χ0) is 12.7. The molecular weight excluding hydrogens is 212 g/mol. The van der Waals surface area contributed by atoms with E-state index in [1.165, 1.54) is 13.0 Å². The van der Waals surface area contributed by atoms with Gasteiger partial charge in [-0.15, -0.1) is 0 Å². The molecule has 1 rings (SSSR count). The van der Waals surface area contributed by atoms with Crippen LogP contribution in [-0.2, 0) is 4.74 Å². The Balaban J connectivity index is 2.17. The Bertz CT molecular complexity index is 243. The molecule has 17 heavy (non-hydrogen) atoms. The molecule has 1 N–H and O–H groups in total. The third-order valence-corrected chi connectivity index (χ3v) is 3.34. The first-order valence-corrected chi connectivity index (χ1v) is 6.65. The van der Waals surface area contributed by atoms with E-state index in [9.17, 15) is 0 Å². The minimum absolute atomic E-state index is 0.350. The molecule has 0 atom stereocenters.